The monoisotopic (exact) mass is 446 g/mol. The molecule has 0 spiro atoms. The molecule has 1 saturated carbocycles. The molecule has 2 aliphatic heterocycles. The van der Waals surface area contributed by atoms with E-state index >= 15 is 0 Å². The topological polar surface area (TPSA) is 87.2 Å². The van der Waals surface area contributed by atoms with Crippen LogP contribution in [-0.2, 0) is 9.53 Å². The summed E-state index contributed by atoms with van der Waals surface area (Å²) >= 11 is 0. The highest BCUT2D eigenvalue weighted by Gasteiger charge is 2.35. The minimum atomic E-state index is 0.261. The van der Waals surface area contributed by atoms with E-state index in [4.69, 9.17) is 14.7 Å². The van der Waals surface area contributed by atoms with Gasteiger partial charge in [0.2, 0.25) is 5.91 Å². The zero-order valence-electron chi connectivity index (χ0n) is 19.0. The maximum absolute atomic E-state index is 12.5. The van der Waals surface area contributed by atoms with Gasteiger partial charge < -0.3 is 19.5 Å². The van der Waals surface area contributed by atoms with Crippen molar-refractivity contribution in [2.75, 3.05) is 37.7 Å². The number of likely N-dealkylation sites (tertiary alicyclic amines) is 1. The second kappa shape index (κ2) is 8.41. The molecule has 8 heteroatoms. The molecular formula is C25H30N6O2. The highest BCUT2D eigenvalue weighted by Crippen LogP contribution is 2.36. The molecule has 0 unspecified atom stereocenters. The van der Waals surface area contributed by atoms with Crippen LogP contribution in [0.4, 0.5) is 5.82 Å². The molecule has 1 N–H and O–H groups in total. The number of fused-ring (bicyclic) bond motifs is 1. The number of hydrogen-bond acceptors (Lipinski definition) is 6. The van der Waals surface area contributed by atoms with Crippen LogP contribution < -0.4 is 4.90 Å². The van der Waals surface area contributed by atoms with Crippen molar-refractivity contribution in [2.24, 2.45) is 5.92 Å². The molecule has 8 nitrogen and oxygen atoms in total. The van der Waals surface area contributed by atoms with Gasteiger partial charge in [0.05, 0.1) is 19.3 Å². The Bertz CT molecular complexity index is 1160. The second-order valence-electron chi connectivity index (χ2n) is 9.56. The predicted molar refractivity (Wildman–Crippen MR) is 126 cm³/mol. The predicted octanol–water partition coefficient (Wildman–Crippen LogP) is 3.36. The van der Waals surface area contributed by atoms with Crippen molar-refractivity contribution in [3.05, 3.63) is 36.3 Å². The molecular weight excluding hydrogens is 416 g/mol. The van der Waals surface area contributed by atoms with Crippen LogP contribution in [0.25, 0.3) is 22.4 Å². The molecule has 3 fully saturated rings. The Labute approximate surface area is 193 Å². The summed E-state index contributed by atoms with van der Waals surface area (Å²) in [4.78, 5) is 34.6. The first-order valence-corrected chi connectivity index (χ1v) is 12.1. The third kappa shape index (κ3) is 3.97. The van der Waals surface area contributed by atoms with Crippen LogP contribution in [0.1, 0.15) is 44.2 Å². The zero-order chi connectivity index (χ0) is 22.4. The molecule has 1 amide bonds. The lowest BCUT2D eigenvalue weighted by atomic mass is 9.92. The van der Waals surface area contributed by atoms with Crippen LogP contribution >= 0.6 is 0 Å². The van der Waals surface area contributed by atoms with Gasteiger partial charge in [-0.15, -0.1) is 0 Å². The van der Waals surface area contributed by atoms with Crippen LogP contribution in [0.2, 0.25) is 0 Å². The van der Waals surface area contributed by atoms with Crippen molar-refractivity contribution in [3.8, 4) is 11.4 Å². The summed E-state index contributed by atoms with van der Waals surface area (Å²) in [6.07, 6.45) is 7.74. The minimum absolute atomic E-state index is 0.261. The Hall–Kier alpha value is -3.00. The fourth-order valence-corrected chi connectivity index (χ4v) is 5.14. The van der Waals surface area contributed by atoms with Crippen molar-refractivity contribution in [3.63, 3.8) is 0 Å². The van der Waals surface area contributed by atoms with Gasteiger partial charge in [0, 0.05) is 66.6 Å². The van der Waals surface area contributed by atoms with Gasteiger partial charge in [-0.05, 0) is 44.7 Å². The second-order valence-corrected chi connectivity index (χ2v) is 9.56. The lowest BCUT2D eigenvalue weighted by Gasteiger charge is -2.35. The number of ether oxygens (including phenoxy) is 1. The summed E-state index contributed by atoms with van der Waals surface area (Å²) in [7, 11) is 0. The quantitative estimate of drug-likeness (QED) is 0.661. The van der Waals surface area contributed by atoms with Gasteiger partial charge in [-0.25, -0.2) is 15.0 Å². The number of anilines is 1. The molecule has 3 aliphatic rings. The number of rotatable bonds is 4. The molecule has 6 rings (SSSR count). The standard InChI is InChI=1S/C25H30N6O2/c1-16-15-33-13-12-31(16)22-14-21(17-6-10-30(11-7-17)25(32)18-2-3-18)28-24(29-22)20-5-9-27-23-19(20)4-8-26-23/h4-5,8-9,14,16-18H,2-3,6-7,10-13,15H2,1H3,(H,26,27)/t16-/m1/s1. The van der Waals surface area contributed by atoms with E-state index in [1.54, 1.807) is 0 Å². The zero-order valence-corrected chi connectivity index (χ0v) is 19.0. The normalized spacial score (nSPS) is 22.2. The molecule has 33 heavy (non-hydrogen) atoms. The highest BCUT2D eigenvalue weighted by atomic mass is 16.5. The lowest BCUT2D eigenvalue weighted by Crippen LogP contribution is -2.44. The summed E-state index contributed by atoms with van der Waals surface area (Å²) in [6, 6.07) is 6.46. The maximum Gasteiger partial charge on any atom is 0.225 e. The summed E-state index contributed by atoms with van der Waals surface area (Å²) in [5.41, 5.74) is 2.91. The molecule has 0 radical (unpaired) electrons. The van der Waals surface area contributed by atoms with Crippen molar-refractivity contribution in [1.29, 1.82) is 0 Å². The Morgan fingerprint density at radius 3 is 2.76 bits per heavy atom. The van der Waals surface area contributed by atoms with E-state index in [2.05, 4.69) is 32.8 Å². The van der Waals surface area contributed by atoms with Crippen LogP contribution in [0.5, 0.6) is 0 Å². The summed E-state index contributed by atoms with van der Waals surface area (Å²) < 4.78 is 5.67. The van der Waals surface area contributed by atoms with E-state index in [0.717, 1.165) is 79.3 Å². The van der Waals surface area contributed by atoms with Gasteiger partial charge >= 0.3 is 0 Å². The van der Waals surface area contributed by atoms with Crippen molar-refractivity contribution >= 4 is 22.8 Å². The first-order chi connectivity index (χ1) is 16.2. The number of H-pyrrole nitrogens is 1. The van der Waals surface area contributed by atoms with Crippen molar-refractivity contribution in [2.45, 2.75) is 44.6 Å². The number of morpholine rings is 1. The number of amides is 1. The molecule has 3 aromatic heterocycles. The van der Waals surface area contributed by atoms with E-state index in [-0.39, 0.29) is 12.0 Å². The molecule has 5 heterocycles. The molecule has 2 saturated heterocycles. The Morgan fingerprint density at radius 2 is 1.97 bits per heavy atom. The smallest absolute Gasteiger partial charge is 0.225 e. The highest BCUT2D eigenvalue weighted by molar-refractivity contribution is 5.91. The van der Waals surface area contributed by atoms with Gasteiger partial charge in [-0.1, -0.05) is 0 Å². The van der Waals surface area contributed by atoms with Gasteiger partial charge in [0.15, 0.2) is 5.82 Å². The Morgan fingerprint density at radius 1 is 1.12 bits per heavy atom. The third-order valence-electron chi connectivity index (χ3n) is 7.25. The largest absolute Gasteiger partial charge is 0.377 e. The van der Waals surface area contributed by atoms with E-state index < -0.39 is 0 Å². The number of aromatic nitrogens is 4. The number of piperidine rings is 1. The van der Waals surface area contributed by atoms with Gasteiger partial charge in [-0.2, -0.15) is 0 Å². The SMILES string of the molecule is C[C@@H]1COCCN1c1cc(C2CCN(C(=O)C3CC3)CC2)nc(-c2ccnc3[nH]ccc23)n1. The number of carbonyl (C=O) groups excluding carboxylic acids is 1. The molecule has 1 aliphatic carbocycles. The summed E-state index contributed by atoms with van der Waals surface area (Å²) in [5.74, 6) is 2.67. The van der Waals surface area contributed by atoms with Crippen molar-refractivity contribution in [1.82, 2.24) is 24.8 Å². The molecule has 0 bridgehead atoms. The van der Waals surface area contributed by atoms with Gasteiger partial charge in [-0.3, -0.25) is 4.79 Å². The number of hydrogen-bond donors (Lipinski definition) is 1. The summed E-state index contributed by atoms with van der Waals surface area (Å²) in [5, 5.41) is 1.03. The number of nitrogens with zero attached hydrogens (tertiary/aromatic N) is 5. The number of carbonyl (C=O) groups is 1. The van der Waals surface area contributed by atoms with Crippen LogP contribution in [0.15, 0.2) is 30.6 Å². The van der Waals surface area contributed by atoms with E-state index in [0.29, 0.717) is 25.0 Å². The number of aromatic amines is 1. The fourth-order valence-electron chi connectivity index (χ4n) is 5.14. The summed E-state index contributed by atoms with van der Waals surface area (Å²) in [6.45, 7) is 6.05. The minimum Gasteiger partial charge on any atom is -0.377 e. The van der Waals surface area contributed by atoms with E-state index in [1.807, 2.05) is 24.5 Å². The number of pyridine rings is 1. The lowest BCUT2D eigenvalue weighted by molar-refractivity contribution is -0.133. The third-order valence-corrected chi connectivity index (χ3v) is 7.25. The number of nitrogens with one attached hydrogen (secondary N) is 1. The first-order valence-electron chi connectivity index (χ1n) is 12.1. The van der Waals surface area contributed by atoms with Gasteiger partial charge in [0.25, 0.3) is 0 Å². The average molecular weight is 447 g/mol. The van der Waals surface area contributed by atoms with E-state index in [1.165, 1.54) is 0 Å². The maximum atomic E-state index is 12.5. The average Bonchev–Trinajstić information content (AvgIpc) is 3.60. The van der Waals surface area contributed by atoms with Gasteiger partial charge in [0.1, 0.15) is 11.5 Å². The molecule has 172 valence electrons. The first kappa shape index (κ1) is 20.6. The van der Waals surface area contributed by atoms with Crippen molar-refractivity contribution < 1.29 is 9.53 Å². The molecule has 0 aromatic carbocycles. The fraction of sp³-hybridized carbons (Fsp3) is 0.520. The Balaban J connectivity index is 1.35. The molecule has 1 atom stereocenters. The molecule has 3 aromatic rings. The Kier molecular flexibility index (Phi) is 5.25. The van der Waals surface area contributed by atoms with E-state index in [9.17, 15) is 4.79 Å². The van der Waals surface area contributed by atoms with Crippen LogP contribution in [0.3, 0.4) is 0 Å². The van der Waals surface area contributed by atoms with Crippen LogP contribution in [-0.4, -0.2) is 69.6 Å². The van der Waals surface area contributed by atoms with Crippen LogP contribution in [0, 0.1) is 5.92 Å².